The van der Waals surface area contributed by atoms with Crippen molar-refractivity contribution >= 4 is 17.4 Å². The van der Waals surface area contributed by atoms with Gasteiger partial charge in [0.1, 0.15) is 5.82 Å². The highest BCUT2D eigenvalue weighted by Gasteiger charge is 2.29. The van der Waals surface area contributed by atoms with E-state index in [1.165, 1.54) is 5.56 Å². The first-order valence-corrected chi connectivity index (χ1v) is 10.1. The summed E-state index contributed by atoms with van der Waals surface area (Å²) in [4.78, 5) is 32.3. The molecular weight excluding hydrogens is 354 g/mol. The van der Waals surface area contributed by atoms with Crippen LogP contribution in [0.3, 0.4) is 0 Å². The molecule has 0 spiro atoms. The number of nitrogens with one attached hydrogen (secondary N) is 1. The van der Waals surface area contributed by atoms with E-state index >= 15 is 0 Å². The first kappa shape index (κ1) is 18.7. The lowest BCUT2D eigenvalue weighted by molar-refractivity contribution is -0.118. The van der Waals surface area contributed by atoms with Gasteiger partial charge in [-0.3, -0.25) is 14.5 Å². The number of rotatable bonds is 4. The fraction of sp³-hybridized carbons (Fsp3) is 0.455. The van der Waals surface area contributed by atoms with E-state index in [0.717, 1.165) is 44.5 Å². The number of morpholine rings is 1. The van der Waals surface area contributed by atoms with Crippen molar-refractivity contribution in [2.24, 2.45) is 0 Å². The van der Waals surface area contributed by atoms with Gasteiger partial charge in [0.05, 0.1) is 13.2 Å². The molecule has 6 heteroatoms. The second-order valence-corrected chi connectivity index (χ2v) is 7.54. The zero-order valence-electron chi connectivity index (χ0n) is 16.1. The smallest absolute Gasteiger partial charge is 0.251 e. The van der Waals surface area contributed by atoms with Crippen molar-refractivity contribution in [2.45, 2.75) is 38.1 Å². The van der Waals surface area contributed by atoms with Crippen LogP contribution in [0.4, 0.5) is 11.5 Å². The molecule has 1 unspecified atom stereocenters. The summed E-state index contributed by atoms with van der Waals surface area (Å²) in [6.07, 6.45) is 4.16. The minimum atomic E-state index is -0.172. The van der Waals surface area contributed by atoms with Crippen molar-refractivity contribution in [3.63, 3.8) is 0 Å². The number of carbonyl (C=O) groups excluding carboxylic acids is 1. The summed E-state index contributed by atoms with van der Waals surface area (Å²) < 4.78 is 5.42. The van der Waals surface area contributed by atoms with Crippen LogP contribution in [0.1, 0.15) is 31.2 Å². The van der Waals surface area contributed by atoms with E-state index in [2.05, 4.69) is 22.0 Å². The Kier molecular flexibility index (Phi) is 5.76. The molecule has 0 saturated carbocycles. The Morgan fingerprint density at radius 2 is 1.82 bits per heavy atom. The van der Waals surface area contributed by atoms with Gasteiger partial charge in [-0.25, -0.2) is 0 Å². The average Bonchev–Trinajstić information content (AvgIpc) is 2.90. The highest BCUT2D eigenvalue weighted by molar-refractivity contribution is 5.93. The Hall–Kier alpha value is -2.60. The van der Waals surface area contributed by atoms with E-state index < -0.39 is 0 Å². The number of ether oxygens (including phenoxy) is 1. The molecule has 1 amide bonds. The molecule has 1 aromatic carbocycles. The third-order valence-corrected chi connectivity index (χ3v) is 5.58. The van der Waals surface area contributed by atoms with Crippen LogP contribution in [0.5, 0.6) is 0 Å². The predicted molar refractivity (Wildman–Crippen MR) is 110 cm³/mol. The minimum absolute atomic E-state index is 0.0491. The molecule has 0 bridgehead atoms. The molecule has 0 aliphatic carbocycles. The highest BCUT2D eigenvalue weighted by atomic mass is 16.5. The van der Waals surface area contributed by atoms with Gasteiger partial charge in [0.2, 0.25) is 5.91 Å². The SMILES string of the molecule is O=C1CCCCC(Cc2ccccc2)N1c1cc(N2CCOCC2)cc(=O)[nH]1. The number of aromatic nitrogens is 1. The molecule has 2 aliphatic rings. The summed E-state index contributed by atoms with van der Waals surface area (Å²) in [6, 6.07) is 13.9. The largest absolute Gasteiger partial charge is 0.378 e. The number of hydrogen-bond acceptors (Lipinski definition) is 4. The van der Waals surface area contributed by atoms with E-state index in [4.69, 9.17) is 4.74 Å². The van der Waals surface area contributed by atoms with Crippen LogP contribution in [0.25, 0.3) is 0 Å². The lowest BCUT2D eigenvalue weighted by Crippen LogP contribution is -2.42. The molecule has 2 aromatic rings. The van der Waals surface area contributed by atoms with Crippen LogP contribution in [-0.2, 0) is 16.0 Å². The molecule has 1 atom stereocenters. The molecular formula is C22H27N3O3. The predicted octanol–water partition coefficient (Wildman–Crippen LogP) is 2.73. The Morgan fingerprint density at radius 1 is 1.04 bits per heavy atom. The first-order chi connectivity index (χ1) is 13.7. The van der Waals surface area contributed by atoms with Gasteiger partial charge >= 0.3 is 0 Å². The van der Waals surface area contributed by atoms with E-state index in [9.17, 15) is 9.59 Å². The molecule has 148 valence electrons. The van der Waals surface area contributed by atoms with Gasteiger partial charge in [0, 0.05) is 43.4 Å². The number of anilines is 2. The Balaban J connectivity index is 1.67. The molecule has 3 heterocycles. The summed E-state index contributed by atoms with van der Waals surface area (Å²) in [5.74, 6) is 0.704. The Labute approximate surface area is 165 Å². The van der Waals surface area contributed by atoms with Crippen LogP contribution in [0.15, 0.2) is 47.3 Å². The van der Waals surface area contributed by atoms with Crippen molar-refractivity contribution in [3.8, 4) is 0 Å². The van der Waals surface area contributed by atoms with Crippen LogP contribution >= 0.6 is 0 Å². The summed E-state index contributed by atoms with van der Waals surface area (Å²) in [5.41, 5.74) is 1.89. The summed E-state index contributed by atoms with van der Waals surface area (Å²) >= 11 is 0. The van der Waals surface area contributed by atoms with Gasteiger partial charge in [-0.15, -0.1) is 0 Å². The van der Waals surface area contributed by atoms with E-state index in [1.54, 1.807) is 6.07 Å². The fourth-order valence-electron chi connectivity index (χ4n) is 4.17. The van der Waals surface area contributed by atoms with Crippen LogP contribution in [0, 0.1) is 0 Å². The quantitative estimate of drug-likeness (QED) is 0.884. The number of benzene rings is 1. The zero-order valence-corrected chi connectivity index (χ0v) is 16.1. The van der Waals surface area contributed by atoms with Crippen LogP contribution in [0.2, 0.25) is 0 Å². The number of nitrogens with zero attached hydrogens (tertiary/aromatic N) is 2. The lowest BCUT2D eigenvalue weighted by Gasteiger charge is -2.32. The van der Waals surface area contributed by atoms with Gasteiger partial charge < -0.3 is 14.6 Å². The maximum Gasteiger partial charge on any atom is 0.251 e. The standard InChI is InChI=1S/C22H27N3O3/c26-21-16-19(24-10-12-28-13-11-24)15-20(23-21)25-18(8-4-5-9-22(25)27)14-17-6-2-1-3-7-17/h1-3,6-7,15-16,18H,4-5,8-14H2,(H,23,26). The number of H-pyrrole nitrogens is 1. The highest BCUT2D eigenvalue weighted by Crippen LogP contribution is 2.28. The summed E-state index contributed by atoms with van der Waals surface area (Å²) in [6.45, 7) is 2.82. The second-order valence-electron chi connectivity index (χ2n) is 7.54. The van der Waals surface area contributed by atoms with E-state index in [0.29, 0.717) is 25.5 Å². The monoisotopic (exact) mass is 381 g/mol. The van der Waals surface area contributed by atoms with Crippen LogP contribution < -0.4 is 15.4 Å². The Bertz CT molecular complexity index is 859. The molecule has 4 rings (SSSR count). The van der Waals surface area contributed by atoms with E-state index in [1.807, 2.05) is 29.2 Å². The topological polar surface area (TPSA) is 65.6 Å². The Morgan fingerprint density at radius 3 is 2.61 bits per heavy atom. The number of hydrogen-bond donors (Lipinski definition) is 1. The number of carbonyl (C=O) groups is 1. The van der Waals surface area contributed by atoms with Crippen LogP contribution in [-0.4, -0.2) is 43.2 Å². The van der Waals surface area contributed by atoms with Crippen molar-refractivity contribution in [2.75, 3.05) is 36.1 Å². The van der Waals surface area contributed by atoms with Gasteiger partial charge in [0.15, 0.2) is 0 Å². The molecule has 2 aliphatic heterocycles. The maximum absolute atomic E-state index is 13.0. The normalized spacial score (nSPS) is 20.9. The van der Waals surface area contributed by atoms with Crippen molar-refractivity contribution in [3.05, 3.63) is 58.4 Å². The fourth-order valence-corrected chi connectivity index (χ4v) is 4.17. The van der Waals surface area contributed by atoms with E-state index in [-0.39, 0.29) is 17.5 Å². The minimum Gasteiger partial charge on any atom is -0.378 e. The summed E-state index contributed by atoms with van der Waals surface area (Å²) in [7, 11) is 0. The number of pyridine rings is 1. The first-order valence-electron chi connectivity index (χ1n) is 10.1. The van der Waals surface area contributed by atoms with Crippen molar-refractivity contribution < 1.29 is 9.53 Å². The third-order valence-electron chi connectivity index (χ3n) is 5.58. The van der Waals surface area contributed by atoms with Crippen molar-refractivity contribution in [1.82, 2.24) is 4.98 Å². The molecule has 1 aromatic heterocycles. The maximum atomic E-state index is 13.0. The van der Waals surface area contributed by atoms with Crippen molar-refractivity contribution in [1.29, 1.82) is 0 Å². The number of amides is 1. The molecule has 28 heavy (non-hydrogen) atoms. The van der Waals surface area contributed by atoms with Gasteiger partial charge in [-0.05, 0) is 24.8 Å². The summed E-state index contributed by atoms with van der Waals surface area (Å²) in [5, 5.41) is 0. The molecule has 1 N–H and O–H groups in total. The molecule has 2 fully saturated rings. The number of aromatic amines is 1. The molecule has 6 nitrogen and oxygen atoms in total. The third kappa shape index (κ3) is 4.28. The molecule has 2 saturated heterocycles. The van der Waals surface area contributed by atoms with Gasteiger partial charge in [-0.1, -0.05) is 36.8 Å². The average molecular weight is 381 g/mol. The lowest BCUT2D eigenvalue weighted by atomic mass is 10.0. The zero-order chi connectivity index (χ0) is 19.3. The van der Waals surface area contributed by atoms with Gasteiger partial charge in [0.25, 0.3) is 5.56 Å². The molecule has 0 radical (unpaired) electrons. The van der Waals surface area contributed by atoms with Gasteiger partial charge in [-0.2, -0.15) is 0 Å². The second kappa shape index (κ2) is 8.61.